The molecular formula is C13H16N2O. The Bertz CT molecular complexity index is 468. The maximum Gasteiger partial charge on any atom is 0.123 e. The van der Waals surface area contributed by atoms with Crippen molar-refractivity contribution >= 4 is 11.4 Å². The fourth-order valence-corrected chi connectivity index (χ4v) is 1.68. The molecule has 84 valence electrons. The van der Waals surface area contributed by atoms with Gasteiger partial charge in [0.25, 0.3) is 0 Å². The van der Waals surface area contributed by atoms with Gasteiger partial charge in [0.1, 0.15) is 11.5 Å². The number of rotatable bonds is 3. The minimum absolute atomic E-state index is 0.677. The van der Waals surface area contributed by atoms with E-state index in [0.29, 0.717) is 6.54 Å². The Morgan fingerprint density at radius 1 is 1.19 bits per heavy atom. The summed E-state index contributed by atoms with van der Waals surface area (Å²) in [6, 6.07) is 9.86. The van der Waals surface area contributed by atoms with Gasteiger partial charge in [0.15, 0.2) is 0 Å². The van der Waals surface area contributed by atoms with Crippen molar-refractivity contribution in [1.82, 2.24) is 0 Å². The second-order valence-electron chi connectivity index (χ2n) is 4.00. The number of aryl methyl sites for hydroxylation is 2. The van der Waals surface area contributed by atoms with Gasteiger partial charge in [0.05, 0.1) is 6.54 Å². The van der Waals surface area contributed by atoms with Crippen molar-refractivity contribution in [3.05, 3.63) is 47.4 Å². The van der Waals surface area contributed by atoms with Crippen LogP contribution in [0.15, 0.2) is 34.7 Å². The minimum atomic E-state index is 0.677. The van der Waals surface area contributed by atoms with E-state index >= 15 is 0 Å². The van der Waals surface area contributed by atoms with Gasteiger partial charge in [-0.3, -0.25) is 0 Å². The van der Waals surface area contributed by atoms with E-state index in [9.17, 15) is 0 Å². The Morgan fingerprint density at radius 3 is 2.62 bits per heavy atom. The third-order valence-electron chi connectivity index (χ3n) is 2.36. The lowest BCUT2D eigenvalue weighted by molar-refractivity contribution is 0.490. The topological polar surface area (TPSA) is 51.2 Å². The van der Waals surface area contributed by atoms with Crippen LogP contribution in [0.25, 0.3) is 0 Å². The lowest BCUT2D eigenvalue weighted by Gasteiger charge is -2.06. The maximum absolute atomic E-state index is 5.77. The number of furan rings is 1. The van der Waals surface area contributed by atoms with Crippen LogP contribution in [0.5, 0.6) is 0 Å². The summed E-state index contributed by atoms with van der Waals surface area (Å²) in [4.78, 5) is 0. The van der Waals surface area contributed by atoms with E-state index in [2.05, 4.69) is 11.4 Å². The average Bonchev–Trinajstić information content (AvgIpc) is 2.60. The van der Waals surface area contributed by atoms with Crippen LogP contribution in [-0.4, -0.2) is 0 Å². The van der Waals surface area contributed by atoms with Gasteiger partial charge >= 0.3 is 0 Å². The summed E-state index contributed by atoms with van der Waals surface area (Å²) < 4.78 is 5.47. The highest BCUT2D eigenvalue weighted by atomic mass is 16.3. The molecule has 16 heavy (non-hydrogen) atoms. The fraction of sp³-hybridized carbons (Fsp3) is 0.231. The quantitative estimate of drug-likeness (QED) is 0.775. The molecule has 0 atom stereocenters. The van der Waals surface area contributed by atoms with E-state index in [4.69, 9.17) is 10.2 Å². The summed E-state index contributed by atoms with van der Waals surface area (Å²) in [7, 11) is 0. The van der Waals surface area contributed by atoms with E-state index in [1.807, 2.05) is 38.1 Å². The number of hydrogen-bond acceptors (Lipinski definition) is 3. The van der Waals surface area contributed by atoms with Gasteiger partial charge in [-0.15, -0.1) is 0 Å². The first kappa shape index (κ1) is 10.6. The molecule has 0 amide bonds. The Hall–Kier alpha value is -1.90. The normalized spacial score (nSPS) is 10.4. The van der Waals surface area contributed by atoms with Crippen LogP contribution in [-0.2, 0) is 6.54 Å². The molecular weight excluding hydrogens is 200 g/mol. The van der Waals surface area contributed by atoms with Gasteiger partial charge < -0.3 is 15.5 Å². The zero-order chi connectivity index (χ0) is 11.5. The van der Waals surface area contributed by atoms with Crippen LogP contribution >= 0.6 is 0 Å². The second kappa shape index (κ2) is 4.31. The lowest BCUT2D eigenvalue weighted by Crippen LogP contribution is -1.99. The van der Waals surface area contributed by atoms with E-state index in [-0.39, 0.29) is 0 Å². The first-order valence-electron chi connectivity index (χ1n) is 5.30. The van der Waals surface area contributed by atoms with E-state index in [0.717, 1.165) is 28.5 Å². The molecule has 1 heterocycles. The van der Waals surface area contributed by atoms with E-state index < -0.39 is 0 Å². The maximum atomic E-state index is 5.77. The number of anilines is 2. The molecule has 1 aromatic heterocycles. The molecule has 2 aromatic rings. The molecule has 0 unspecified atom stereocenters. The largest absolute Gasteiger partial charge is 0.465 e. The zero-order valence-corrected chi connectivity index (χ0v) is 9.58. The number of nitrogen functional groups attached to an aromatic ring is 1. The number of nitrogens with two attached hydrogens (primary N) is 1. The van der Waals surface area contributed by atoms with Crippen molar-refractivity contribution in [3.8, 4) is 0 Å². The van der Waals surface area contributed by atoms with Gasteiger partial charge in [0, 0.05) is 11.4 Å². The first-order valence-corrected chi connectivity index (χ1v) is 5.30. The molecule has 0 radical (unpaired) electrons. The van der Waals surface area contributed by atoms with Gasteiger partial charge in [-0.2, -0.15) is 0 Å². The summed E-state index contributed by atoms with van der Waals surface area (Å²) in [5.41, 5.74) is 8.72. The van der Waals surface area contributed by atoms with Gasteiger partial charge in [-0.05, 0) is 49.7 Å². The van der Waals surface area contributed by atoms with Crippen molar-refractivity contribution in [1.29, 1.82) is 0 Å². The molecule has 3 nitrogen and oxygen atoms in total. The van der Waals surface area contributed by atoms with Crippen LogP contribution in [0.3, 0.4) is 0 Å². The van der Waals surface area contributed by atoms with Crippen molar-refractivity contribution in [2.45, 2.75) is 20.4 Å². The average molecular weight is 216 g/mol. The fourth-order valence-electron chi connectivity index (χ4n) is 1.68. The smallest absolute Gasteiger partial charge is 0.123 e. The Balaban J connectivity index is 2.04. The number of hydrogen-bond donors (Lipinski definition) is 2. The van der Waals surface area contributed by atoms with Crippen LogP contribution in [0.2, 0.25) is 0 Å². The third-order valence-corrected chi connectivity index (χ3v) is 2.36. The molecule has 1 aromatic carbocycles. The SMILES string of the molecule is Cc1cc(N)cc(NCc2ccc(C)o2)c1. The second-order valence-corrected chi connectivity index (χ2v) is 4.00. The van der Waals surface area contributed by atoms with E-state index in [1.54, 1.807) is 0 Å². The molecule has 0 aliphatic heterocycles. The van der Waals surface area contributed by atoms with Gasteiger partial charge in [-0.25, -0.2) is 0 Å². The number of benzene rings is 1. The minimum Gasteiger partial charge on any atom is -0.465 e. The molecule has 0 aliphatic rings. The Kier molecular flexibility index (Phi) is 2.86. The summed E-state index contributed by atoms with van der Waals surface area (Å²) in [5, 5.41) is 3.28. The lowest BCUT2D eigenvalue weighted by atomic mass is 10.2. The van der Waals surface area contributed by atoms with Crippen molar-refractivity contribution < 1.29 is 4.42 Å². The third kappa shape index (κ3) is 2.57. The molecule has 0 bridgehead atoms. The summed E-state index contributed by atoms with van der Waals surface area (Å²) in [6.45, 7) is 4.64. The van der Waals surface area contributed by atoms with Crippen LogP contribution in [0.4, 0.5) is 11.4 Å². The van der Waals surface area contributed by atoms with Gasteiger partial charge in [-0.1, -0.05) is 0 Å². The predicted molar refractivity (Wildman–Crippen MR) is 66.4 cm³/mol. The summed E-state index contributed by atoms with van der Waals surface area (Å²) in [5.74, 6) is 1.86. The highest BCUT2D eigenvalue weighted by Crippen LogP contribution is 2.17. The number of nitrogens with one attached hydrogen (secondary N) is 1. The van der Waals surface area contributed by atoms with Crippen molar-refractivity contribution in [2.75, 3.05) is 11.1 Å². The highest BCUT2D eigenvalue weighted by molar-refractivity contribution is 5.56. The van der Waals surface area contributed by atoms with Crippen molar-refractivity contribution in [3.63, 3.8) is 0 Å². The molecule has 3 heteroatoms. The summed E-state index contributed by atoms with van der Waals surface area (Å²) in [6.07, 6.45) is 0. The van der Waals surface area contributed by atoms with Crippen LogP contribution < -0.4 is 11.1 Å². The monoisotopic (exact) mass is 216 g/mol. The van der Waals surface area contributed by atoms with Gasteiger partial charge in [0.2, 0.25) is 0 Å². The first-order chi connectivity index (χ1) is 7.63. The zero-order valence-electron chi connectivity index (χ0n) is 9.58. The Labute approximate surface area is 95.3 Å². The highest BCUT2D eigenvalue weighted by Gasteiger charge is 1.99. The van der Waals surface area contributed by atoms with Crippen LogP contribution in [0, 0.1) is 13.8 Å². The van der Waals surface area contributed by atoms with E-state index in [1.165, 1.54) is 0 Å². The molecule has 0 spiro atoms. The molecule has 2 rings (SSSR count). The predicted octanol–water partition coefficient (Wildman–Crippen LogP) is 3.09. The molecule has 3 N–H and O–H groups in total. The van der Waals surface area contributed by atoms with Crippen LogP contribution in [0.1, 0.15) is 17.1 Å². The summed E-state index contributed by atoms with van der Waals surface area (Å²) >= 11 is 0. The molecule has 0 aliphatic carbocycles. The van der Waals surface area contributed by atoms with Crippen molar-refractivity contribution in [2.24, 2.45) is 0 Å². The standard InChI is InChI=1S/C13H16N2O/c1-9-5-11(14)7-12(6-9)15-8-13-4-3-10(2)16-13/h3-7,15H,8,14H2,1-2H3. The molecule has 0 fully saturated rings. The molecule has 0 saturated carbocycles. The molecule has 0 saturated heterocycles. The Morgan fingerprint density at radius 2 is 2.00 bits per heavy atom.